The predicted octanol–water partition coefficient (Wildman–Crippen LogP) is 3.32. The quantitative estimate of drug-likeness (QED) is 0.627. The van der Waals surface area contributed by atoms with Crippen molar-refractivity contribution in [3.05, 3.63) is 59.9 Å². The fourth-order valence-corrected chi connectivity index (χ4v) is 2.97. The highest BCUT2D eigenvalue weighted by molar-refractivity contribution is 7.09. The lowest BCUT2D eigenvalue weighted by molar-refractivity contribution is 0.590. The summed E-state index contributed by atoms with van der Waals surface area (Å²) < 4.78 is 19.9. The highest BCUT2D eigenvalue weighted by atomic mass is 32.1. The highest BCUT2D eigenvalue weighted by Gasteiger charge is 2.16. The van der Waals surface area contributed by atoms with Gasteiger partial charge in [0.25, 0.3) is 0 Å². The number of fused-ring (bicyclic) bond motifs is 1. The molecule has 23 heavy (non-hydrogen) atoms. The van der Waals surface area contributed by atoms with Crippen molar-refractivity contribution >= 4 is 27.6 Å². The molecule has 0 aliphatic rings. The first-order valence-corrected chi connectivity index (χ1v) is 7.78. The molecule has 0 amide bonds. The van der Waals surface area contributed by atoms with Gasteiger partial charge < -0.3 is 5.73 Å². The van der Waals surface area contributed by atoms with Gasteiger partial charge in [-0.05, 0) is 12.1 Å². The molecule has 0 atom stereocenters. The Hall–Kier alpha value is -2.80. The molecule has 0 fully saturated rings. The molecule has 0 spiro atoms. The largest absolute Gasteiger partial charge is 0.374 e. The van der Waals surface area contributed by atoms with Gasteiger partial charge in [0.1, 0.15) is 11.5 Å². The van der Waals surface area contributed by atoms with Crippen LogP contribution in [0.2, 0.25) is 0 Å². The maximum Gasteiger partial charge on any atom is 0.200 e. The van der Waals surface area contributed by atoms with Crippen molar-refractivity contribution in [3.63, 3.8) is 0 Å². The zero-order valence-corrected chi connectivity index (χ0v) is 12.8. The van der Waals surface area contributed by atoms with Crippen LogP contribution in [0.15, 0.2) is 48.5 Å². The van der Waals surface area contributed by atoms with E-state index < -0.39 is 0 Å². The highest BCUT2D eigenvalue weighted by Crippen LogP contribution is 2.28. The summed E-state index contributed by atoms with van der Waals surface area (Å²) in [4.78, 5) is 4.20. The van der Waals surface area contributed by atoms with Crippen LogP contribution in [0.4, 0.5) is 9.52 Å². The predicted molar refractivity (Wildman–Crippen MR) is 88.6 cm³/mol. The van der Waals surface area contributed by atoms with Crippen molar-refractivity contribution < 1.29 is 4.39 Å². The van der Waals surface area contributed by atoms with Gasteiger partial charge in [-0.15, -0.1) is 0 Å². The molecule has 4 rings (SSSR count). The van der Waals surface area contributed by atoms with E-state index in [1.807, 2.05) is 30.3 Å². The Kier molecular flexibility index (Phi) is 3.27. The molecule has 4 aromatic rings. The molecule has 0 aliphatic heterocycles. The van der Waals surface area contributed by atoms with Gasteiger partial charge in [0.05, 0.1) is 12.1 Å². The average Bonchev–Trinajstić information content (AvgIpc) is 3.14. The summed E-state index contributed by atoms with van der Waals surface area (Å²) in [7, 11) is 0. The van der Waals surface area contributed by atoms with Crippen molar-refractivity contribution in [2.24, 2.45) is 0 Å². The summed E-state index contributed by atoms with van der Waals surface area (Å²) in [5.74, 6) is 0.251. The second kappa shape index (κ2) is 5.44. The molecule has 0 bridgehead atoms. The van der Waals surface area contributed by atoms with Gasteiger partial charge in [0.2, 0.25) is 0 Å². The van der Waals surface area contributed by atoms with Crippen molar-refractivity contribution in [2.75, 3.05) is 5.73 Å². The second-order valence-electron chi connectivity index (χ2n) is 5.07. The van der Waals surface area contributed by atoms with E-state index in [1.165, 1.54) is 6.07 Å². The second-order valence-corrected chi connectivity index (χ2v) is 5.85. The van der Waals surface area contributed by atoms with E-state index in [-0.39, 0.29) is 5.82 Å². The van der Waals surface area contributed by atoms with Crippen LogP contribution in [0.5, 0.6) is 0 Å². The Morgan fingerprint density at radius 3 is 2.65 bits per heavy atom. The third-order valence-corrected chi connectivity index (χ3v) is 4.13. The summed E-state index contributed by atoms with van der Waals surface area (Å²) in [5.41, 5.74) is 7.81. The number of nitrogens with zero attached hydrogens (tertiary/aromatic N) is 4. The molecule has 0 saturated carbocycles. The van der Waals surface area contributed by atoms with E-state index in [4.69, 9.17) is 5.73 Å². The summed E-state index contributed by atoms with van der Waals surface area (Å²) in [5, 5.41) is 5.90. The Labute approximate surface area is 135 Å². The van der Waals surface area contributed by atoms with E-state index in [2.05, 4.69) is 14.5 Å². The summed E-state index contributed by atoms with van der Waals surface area (Å²) in [6, 6.07) is 14.4. The lowest BCUT2D eigenvalue weighted by Gasteiger charge is -2.04. The number of nitrogen functional groups attached to an aromatic ring is 1. The topological polar surface area (TPSA) is 69.6 Å². The zero-order valence-electron chi connectivity index (χ0n) is 12.0. The molecule has 5 nitrogen and oxygen atoms in total. The number of halogens is 1. The summed E-state index contributed by atoms with van der Waals surface area (Å²) in [6.07, 6.45) is 0. The number of hydrogen-bond acceptors (Lipinski definition) is 5. The van der Waals surface area contributed by atoms with Crippen LogP contribution in [0.25, 0.3) is 22.4 Å². The standard InChI is InChI=1S/C16H12FN5S/c17-12-7-3-1-5-10(12)9-22-13-8-4-2-6-11(13)14(20-22)15-19-16(18)23-21-15/h1-8H,9H2,(H2,18,19,21). The maximum atomic E-state index is 13.9. The summed E-state index contributed by atoms with van der Waals surface area (Å²) >= 11 is 1.13. The van der Waals surface area contributed by atoms with Gasteiger partial charge in [-0.25, -0.2) is 4.39 Å². The molecule has 0 radical (unpaired) electrons. The Balaban J connectivity index is 1.86. The molecule has 114 valence electrons. The van der Waals surface area contributed by atoms with Gasteiger partial charge >= 0.3 is 0 Å². The molecule has 0 unspecified atom stereocenters. The average molecular weight is 325 g/mol. The molecule has 2 aromatic carbocycles. The molecule has 0 saturated heterocycles. The number of para-hydroxylation sites is 1. The number of rotatable bonds is 3. The number of hydrogen-bond donors (Lipinski definition) is 1. The first-order chi connectivity index (χ1) is 11.2. The van der Waals surface area contributed by atoms with E-state index in [0.717, 1.165) is 22.4 Å². The monoisotopic (exact) mass is 325 g/mol. The van der Waals surface area contributed by atoms with Gasteiger partial charge in [-0.2, -0.15) is 14.5 Å². The van der Waals surface area contributed by atoms with Crippen LogP contribution in [0, 0.1) is 5.82 Å². The van der Waals surface area contributed by atoms with E-state index in [9.17, 15) is 4.39 Å². The molecular weight excluding hydrogens is 313 g/mol. The van der Waals surface area contributed by atoms with Crippen LogP contribution in [-0.2, 0) is 6.54 Å². The van der Waals surface area contributed by atoms with E-state index in [1.54, 1.807) is 16.8 Å². The fourth-order valence-electron chi connectivity index (χ4n) is 2.53. The van der Waals surface area contributed by atoms with E-state index >= 15 is 0 Å². The fraction of sp³-hybridized carbons (Fsp3) is 0.0625. The SMILES string of the molecule is Nc1nc(-c2nn(Cc3ccccc3F)c3ccccc23)ns1. The van der Waals surface area contributed by atoms with Gasteiger partial charge in [-0.3, -0.25) is 4.68 Å². The first kappa shape index (κ1) is 13.8. The van der Waals surface area contributed by atoms with Crippen LogP contribution < -0.4 is 5.73 Å². The molecule has 0 aliphatic carbocycles. The zero-order chi connectivity index (χ0) is 15.8. The molecule has 2 heterocycles. The van der Waals surface area contributed by atoms with Crippen LogP contribution in [0.1, 0.15) is 5.56 Å². The van der Waals surface area contributed by atoms with Crippen molar-refractivity contribution in [3.8, 4) is 11.5 Å². The number of anilines is 1. The molecular formula is C16H12FN5S. The van der Waals surface area contributed by atoms with Crippen LogP contribution >= 0.6 is 11.5 Å². The van der Waals surface area contributed by atoms with Gasteiger partial charge in [0.15, 0.2) is 11.0 Å². The van der Waals surface area contributed by atoms with Crippen molar-refractivity contribution in [1.82, 2.24) is 19.1 Å². The minimum absolute atomic E-state index is 0.246. The van der Waals surface area contributed by atoms with E-state index in [0.29, 0.717) is 28.8 Å². The first-order valence-electron chi connectivity index (χ1n) is 7.01. The number of nitrogens with two attached hydrogens (primary N) is 1. The minimum Gasteiger partial charge on any atom is -0.374 e. The Bertz CT molecular complexity index is 991. The van der Waals surface area contributed by atoms with Gasteiger partial charge in [-0.1, -0.05) is 36.4 Å². The van der Waals surface area contributed by atoms with Crippen molar-refractivity contribution in [2.45, 2.75) is 6.54 Å². The maximum absolute atomic E-state index is 13.9. The number of aromatic nitrogens is 4. The number of benzene rings is 2. The third-order valence-electron chi connectivity index (χ3n) is 3.59. The lowest BCUT2D eigenvalue weighted by Crippen LogP contribution is -2.03. The normalized spacial score (nSPS) is 11.2. The molecule has 2 aromatic heterocycles. The molecule has 2 N–H and O–H groups in total. The third kappa shape index (κ3) is 2.44. The Morgan fingerprint density at radius 2 is 1.87 bits per heavy atom. The lowest BCUT2D eigenvalue weighted by atomic mass is 10.2. The van der Waals surface area contributed by atoms with Crippen molar-refractivity contribution in [1.29, 1.82) is 0 Å². The smallest absolute Gasteiger partial charge is 0.200 e. The summed E-state index contributed by atoms with van der Waals surface area (Å²) in [6.45, 7) is 0.340. The van der Waals surface area contributed by atoms with Gasteiger partial charge in [0, 0.05) is 22.5 Å². The van der Waals surface area contributed by atoms with Crippen LogP contribution in [0.3, 0.4) is 0 Å². The van der Waals surface area contributed by atoms with Crippen LogP contribution in [-0.4, -0.2) is 19.1 Å². The molecule has 7 heteroatoms. The Morgan fingerprint density at radius 1 is 1.09 bits per heavy atom. The minimum atomic E-state index is -0.246.